The molecule has 30 heavy (non-hydrogen) atoms. The summed E-state index contributed by atoms with van der Waals surface area (Å²) in [5.41, 5.74) is 0. The highest BCUT2D eigenvalue weighted by atomic mass is 16.3. The molecule has 5 heterocycles. The SMILES string of the molecule is CC(=O)N1C2[NH2+][C@@H]3C4[NH2+][C@H]2N(C(C)=O)C1C(N4C(C)=O)N3C(C)=O.O=C[O-].O=C[O-]. The molecule has 0 saturated carbocycles. The zero-order chi connectivity index (χ0) is 22.9. The standard InChI is InChI=1S/C14H20N6O4.2CH2O2/c1-5(21)17-9-10-16-12-11(15-9)19(7(3)23)14(20(12)8(4)24)13(17)18(10)6(2)22;2*2-1-3/h9-16H,1-4H3;2*1H,(H,2,3)/t9-,10?,11?,12-,13?,14?;;/m0../s1. The van der Waals surface area contributed by atoms with Gasteiger partial charge in [-0.2, -0.15) is 0 Å². The monoisotopic (exact) mass is 428 g/mol. The minimum Gasteiger partial charge on any atom is -0.554 e. The van der Waals surface area contributed by atoms with Crippen LogP contribution in [0, 0.1) is 0 Å². The summed E-state index contributed by atoms with van der Waals surface area (Å²) in [7, 11) is 0. The lowest BCUT2D eigenvalue weighted by Gasteiger charge is -2.37. The molecular weight excluding hydrogens is 404 g/mol. The van der Waals surface area contributed by atoms with Crippen molar-refractivity contribution in [2.75, 3.05) is 0 Å². The van der Waals surface area contributed by atoms with Crippen molar-refractivity contribution in [3.8, 4) is 0 Å². The number of carbonyl (C=O) groups excluding carboxylic acids is 6. The van der Waals surface area contributed by atoms with E-state index in [0.29, 0.717) is 0 Å². The Kier molecular flexibility index (Phi) is 6.62. The second kappa shape index (κ2) is 8.62. The largest absolute Gasteiger partial charge is 0.554 e. The number of carboxylic acid groups (broad SMARTS) is 2. The van der Waals surface area contributed by atoms with Gasteiger partial charge in [0.05, 0.1) is 0 Å². The molecule has 14 heteroatoms. The number of piperazine rings is 1. The van der Waals surface area contributed by atoms with E-state index < -0.39 is 25.3 Å². The van der Waals surface area contributed by atoms with Crippen LogP contribution in [0.3, 0.4) is 0 Å². The molecule has 4 amide bonds. The summed E-state index contributed by atoms with van der Waals surface area (Å²) in [6.07, 6.45) is -2.30. The van der Waals surface area contributed by atoms with Crippen LogP contribution in [-0.2, 0) is 28.8 Å². The first kappa shape index (κ1) is 23.0. The Balaban J connectivity index is 0.000000480. The summed E-state index contributed by atoms with van der Waals surface area (Å²) in [5.74, 6) is -0.661. The van der Waals surface area contributed by atoms with Gasteiger partial charge in [0, 0.05) is 40.6 Å². The number of quaternary nitrogens is 2. The minimum absolute atomic E-state index is 0.165. The molecule has 5 rings (SSSR count). The Morgan fingerprint density at radius 2 is 0.767 bits per heavy atom. The maximum Gasteiger partial charge on any atom is 0.241 e. The molecule has 4 unspecified atom stereocenters. The van der Waals surface area contributed by atoms with Crippen molar-refractivity contribution < 1.29 is 49.6 Å². The predicted octanol–water partition coefficient (Wildman–Crippen LogP) is -7.75. The first-order valence-corrected chi connectivity index (χ1v) is 9.05. The fourth-order valence-electron chi connectivity index (χ4n) is 5.02. The first-order chi connectivity index (χ1) is 14.1. The van der Waals surface area contributed by atoms with Crippen LogP contribution in [0.15, 0.2) is 0 Å². The fraction of sp³-hybridized carbons (Fsp3) is 0.625. The molecule has 5 aliphatic heterocycles. The lowest BCUT2D eigenvalue weighted by Crippen LogP contribution is -3.20. The molecule has 5 aliphatic rings. The zero-order valence-corrected chi connectivity index (χ0v) is 16.8. The smallest absolute Gasteiger partial charge is 0.241 e. The lowest BCUT2D eigenvalue weighted by molar-refractivity contribution is -0.895. The number of hydrogen-bond donors (Lipinski definition) is 2. The van der Waals surface area contributed by atoms with Gasteiger partial charge in [-0.3, -0.25) is 49.4 Å². The van der Waals surface area contributed by atoms with E-state index in [1.807, 2.05) is 10.6 Å². The van der Waals surface area contributed by atoms with Crippen LogP contribution in [0.25, 0.3) is 0 Å². The van der Waals surface area contributed by atoms with E-state index in [4.69, 9.17) is 19.8 Å². The predicted molar refractivity (Wildman–Crippen MR) is 88.8 cm³/mol. The molecule has 4 N–H and O–H groups in total. The van der Waals surface area contributed by atoms with Crippen LogP contribution in [0.2, 0.25) is 0 Å². The molecule has 6 atom stereocenters. The van der Waals surface area contributed by atoms with Crippen LogP contribution in [0.5, 0.6) is 0 Å². The van der Waals surface area contributed by atoms with E-state index >= 15 is 0 Å². The molecule has 0 radical (unpaired) electrons. The summed E-state index contributed by atoms with van der Waals surface area (Å²) in [4.78, 5) is 72.4. The number of amides is 4. The van der Waals surface area contributed by atoms with Gasteiger partial charge in [0.1, 0.15) is 0 Å². The van der Waals surface area contributed by atoms with Crippen molar-refractivity contribution in [1.82, 2.24) is 19.6 Å². The van der Waals surface area contributed by atoms with Gasteiger partial charge in [-0.25, -0.2) is 0 Å². The molecule has 0 aromatic rings. The van der Waals surface area contributed by atoms with Crippen molar-refractivity contribution in [3.63, 3.8) is 0 Å². The topological polar surface area (TPSA) is 195 Å². The summed E-state index contributed by atoms with van der Waals surface area (Å²) in [6, 6.07) is 0. The van der Waals surface area contributed by atoms with Crippen LogP contribution in [-0.4, -0.2) is 93.2 Å². The molecule has 6 bridgehead atoms. The maximum absolute atomic E-state index is 12.3. The number of nitrogens with two attached hydrogens (primary N) is 2. The van der Waals surface area contributed by atoms with E-state index in [0.717, 1.165) is 0 Å². The number of carbonyl (C=O) groups is 6. The van der Waals surface area contributed by atoms with Crippen LogP contribution in [0.1, 0.15) is 27.7 Å². The Hall–Kier alpha value is -3.26. The van der Waals surface area contributed by atoms with Crippen molar-refractivity contribution in [2.24, 2.45) is 0 Å². The van der Waals surface area contributed by atoms with Gasteiger partial charge >= 0.3 is 0 Å². The maximum atomic E-state index is 12.3. The normalized spacial score (nSPS) is 31.9. The van der Waals surface area contributed by atoms with E-state index in [1.165, 1.54) is 27.7 Å². The summed E-state index contributed by atoms with van der Waals surface area (Å²) in [6.45, 7) is 4.84. The van der Waals surface area contributed by atoms with Gasteiger partial charge in [0.2, 0.25) is 48.3 Å². The third-order valence-corrected chi connectivity index (χ3v) is 5.63. The Morgan fingerprint density at radius 3 is 0.900 bits per heavy atom. The van der Waals surface area contributed by atoms with Crippen LogP contribution in [0.4, 0.5) is 0 Å². The molecule has 5 saturated heterocycles. The van der Waals surface area contributed by atoms with Crippen LogP contribution >= 0.6 is 0 Å². The van der Waals surface area contributed by atoms with Crippen molar-refractivity contribution in [3.05, 3.63) is 0 Å². The summed E-state index contributed by atoms with van der Waals surface area (Å²) < 4.78 is 0. The lowest BCUT2D eigenvalue weighted by atomic mass is 10.2. The van der Waals surface area contributed by atoms with E-state index in [-0.39, 0.29) is 48.3 Å². The molecule has 166 valence electrons. The summed E-state index contributed by atoms with van der Waals surface area (Å²) >= 11 is 0. The van der Waals surface area contributed by atoms with E-state index in [1.54, 1.807) is 19.6 Å². The molecule has 0 aliphatic carbocycles. The molecular formula is C16H24N6O8. The van der Waals surface area contributed by atoms with Gasteiger partial charge in [-0.1, -0.05) is 0 Å². The molecule has 5 fully saturated rings. The number of nitrogens with zero attached hydrogens (tertiary/aromatic N) is 4. The molecule has 0 aromatic heterocycles. The van der Waals surface area contributed by atoms with Crippen molar-refractivity contribution in [2.45, 2.75) is 64.7 Å². The average Bonchev–Trinajstić information content (AvgIpc) is 3.02. The fourth-order valence-corrected chi connectivity index (χ4v) is 5.02. The van der Waals surface area contributed by atoms with Gasteiger partial charge < -0.3 is 19.8 Å². The highest BCUT2D eigenvalue weighted by Crippen LogP contribution is 2.38. The van der Waals surface area contributed by atoms with E-state index in [2.05, 4.69) is 0 Å². The minimum atomic E-state index is -0.646. The quantitative estimate of drug-likeness (QED) is 0.355. The van der Waals surface area contributed by atoms with E-state index in [9.17, 15) is 19.2 Å². The highest BCUT2D eigenvalue weighted by Gasteiger charge is 2.74. The number of rotatable bonds is 0. The second-order valence-corrected chi connectivity index (χ2v) is 7.07. The van der Waals surface area contributed by atoms with Gasteiger partial charge in [0.25, 0.3) is 0 Å². The number of hydrogen-bond acceptors (Lipinski definition) is 8. The molecule has 0 aromatic carbocycles. The van der Waals surface area contributed by atoms with Crippen LogP contribution < -0.4 is 20.8 Å². The molecule has 14 nitrogen and oxygen atoms in total. The van der Waals surface area contributed by atoms with Gasteiger partial charge in [-0.05, 0) is 0 Å². The Labute approximate surface area is 171 Å². The highest BCUT2D eigenvalue weighted by molar-refractivity contribution is 5.82. The zero-order valence-electron chi connectivity index (χ0n) is 16.8. The van der Waals surface area contributed by atoms with Gasteiger partial charge in [0.15, 0.2) is 12.3 Å². The van der Waals surface area contributed by atoms with Crippen molar-refractivity contribution in [1.29, 1.82) is 0 Å². The Bertz CT molecular complexity index is 648. The first-order valence-electron chi connectivity index (χ1n) is 9.05. The average molecular weight is 428 g/mol. The third-order valence-electron chi connectivity index (χ3n) is 5.63. The second-order valence-electron chi connectivity index (χ2n) is 7.07. The Morgan fingerprint density at radius 1 is 0.600 bits per heavy atom. The van der Waals surface area contributed by atoms with Crippen molar-refractivity contribution >= 4 is 36.6 Å². The summed E-state index contributed by atoms with van der Waals surface area (Å²) in [5, 5.41) is 20.4. The molecule has 0 spiro atoms. The third kappa shape index (κ3) is 3.33. The van der Waals surface area contributed by atoms with Gasteiger partial charge in [-0.15, -0.1) is 0 Å².